The number of rotatable bonds is 3. The number of carbonyl (C=O) groups is 2. The van der Waals surface area contributed by atoms with E-state index < -0.39 is 5.60 Å². The monoisotopic (exact) mass is 262 g/mol. The van der Waals surface area contributed by atoms with E-state index in [2.05, 4.69) is 5.32 Å². The van der Waals surface area contributed by atoms with Crippen LogP contribution in [0, 0.1) is 0 Å². The normalized spacial score (nSPS) is 18.6. The van der Waals surface area contributed by atoms with E-state index in [1.165, 1.54) is 4.90 Å². The first-order chi connectivity index (χ1) is 8.99. The van der Waals surface area contributed by atoms with Gasteiger partial charge >= 0.3 is 0 Å². The van der Waals surface area contributed by atoms with Gasteiger partial charge in [-0.2, -0.15) is 0 Å². The molecule has 1 unspecified atom stereocenters. The third-order valence-electron chi connectivity index (χ3n) is 3.28. The van der Waals surface area contributed by atoms with Gasteiger partial charge in [0.15, 0.2) is 0 Å². The Kier molecular flexibility index (Phi) is 3.85. The first-order valence-electron chi connectivity index (χ1n) is 6.31. The summed E-state index contributed by atoms with van der Waals surface area (Å²) >= 11 is 0. The lowest BCUT2D eigenvalue weighted by molar-refractivity contribution is -0.142. The molecule has 0 bridgehead atoms. The third-order valence-corrected chi connectivity index (χ3v) is 3.28. The van der Waals surface area contributed by atoms with Crippen molar-refractivity contribution < 1.29 is 14.7 Å². The van der Waals surface area contributed by atoms with Crippen LogP contribution in [0.15, 0.2) is 30.3 Å². The Morgan fingerprint density at radius 2 is 2.11 bits per heavy atom. The average Bonchev–Trinajstić information content (AvgIpc) is 2.39. The third kappa shape index (κ3) is 3.32. The van der Waals surface area contributed by atoms with Crippen molar-refractivity contribution in [2.45, 2.75) is 18.9 Å². The van der Waals surface area contributed by atoms with Crippen molar-refractivity contribution in [2.75, 3.05) is 19.6 Å². The van der Waals surface area contributed by atoms with Crippen LogP contribution in [0.25, 0.3) is 0 Å². The highest BCUT2D eigenvalue weighted by Gasteiger charge is 2.30. The van der Waals surface area contributed by atoms with Gasteiger partial charge < -0.3 is 15.3 Å². The second kappa shape index (κ2) is 5.40. The predicted octanol–water partition coefficient (Wildman–Crippen LogP) is 0.243. The Labute approximate surface area is 112 Å². The van der Waals surface area contributed by atoms with Crippen LogP contribution in [0.1, 0.15) is 18.9 Å². The number of nitrogens with one attached hydrogen (secondary N) is 1. The van der Waals surface area contributed by atoms with E-state index in [1.807, 2.05) is 18.2 Å². The Morgan fingerprint density at radius 3 is 2.74 bits per heavy atom. The van der Waals surface area contributed by atoms with E-state index in [9.17, 15) is 14.7 Å². The molecule has 0 radical (unpaired) electrons. The van der Waals surface area contributed by atoms with Crippen LogP contribution in [0.4, 0.5) is 0 Å². The maximum absolute atomic E-state index is 12.1. The van der Waals surface area contributed by atoms with Gasteiger partial charge in [-0.1, -0.05) is 30.3 Å². The molecule has 0 saturated carbocycles. The second-order valence-electron chi connectivity index (χ2n) is 4.98. The van der Waals surface area contributed by atoms with Crippen LogP contribution in [0.2, 0.25) is 0 Å². The molecule has 102 valence electrons. The highest BCUT2D eigenvalue weighted by atomic mass is 16.3. The summed E-state index contributed by atoms with van der Waals surface area (Å²) in [5, 5.41) is 13.1. The number of amides is 2. The molecule has 0 aromatic heterocycles. The first-order valence-corrected chi connectivity index (χ1v) is 6.31. The van der Waals surface area contributed by atoms with Crippen molar-refractivity contribution in [1.29, 1.82) is 0 Å². The number of aliphatic hydroxyl groups is 1. The van der Waals surface area contributed by atoms with E-state index in [-0.39, 0.29) is 24.8 Å². The van der Waals surface area contributed by atoms with Gasteiger partial charge in [0, 0.05) is 13.1 Å². The molecule has 1 fully saturated rings. The Bertz CT molecular complexity index is 471. The van der Waals surface area contributed by atoms with Crippen molar-refractivity contribution >= 4 is 11.8 Å². The maximum atomic E-state index is 12.1. The molecule has 2 rings (SSSR count). The van der Waals surface area contributed by atoms with E-state index in [1.54, 1.807) is 19.1 Å². The van der Waals surface area contributed by atoms with Gasteiger partial charge in [0.1, 0.15) is 0 Å². The summed E-state index contributed by atoms with van der Waals surface area (Å²) in [6.45, 7) is 2.65. The zero-order valence-electron chi connectivity index (χ0n) is 10.9. The summed E-state index contributed by atoms with van der Waals surface area (Å²) < 4.78 is 0. The smallest absolute Gasteiger partial charge is 0.239 e. The topological polar surface area (TPSA) is 69.6 Å². The predicted molar refractivity (Wildman–Crippen MR) is 70.2 cm³/mol. The SMILES string of the molecule is CC(O)(CC(=O)N1CCNC(=O)C1)c1ccccc1. The van der Waals surface area contributed by atoms with Crippen LogP contribution < -0.4 is 5.32 Å². The van der Waals surface area contributed by atoms with Crippen molar-refractivity contribution in [3.05, 3.63) is 35.9 Å². The fraction of sp³-hybridized carbons (Fsp3) is 0.429. The summed E-state index contributed by atoms with van der Waals surface area (Å²) in [6, 6.07) is 9.08. The summed E-state index contributed by atoms with van der Waals surface area (Å²) in [7, 11) is 0. The Balaban J connectivity index is 2.03. The molecule has 0 aliphatic carbocycles. The lowest BCUT2D eigenvalue weighted by Gasteiger charge is -2.30. The van der Waals surface area contributed by atoms with Gasteiger partial charge in [-0.15, -0.1) is 0 Å². The fourth-order valence-corrected chi connectivity index (χ4v) is 2.16. The molecular formula is C14H18N2O3. The second-order valence-corrected chi connectivity index (χ2v) is 4.98. The van der Waals surface area contributed by atoms with E-state index >= 15 is 0 Å². The zero-order chi connectivity index (χ0) is 13.9. The molecule has 5 heteroatoms. The van der Waals surface area contributed by atoms with Crippen LogP contribution in [0.5, 0.6) is 0 Å². The van der Waals surface area contributed by atoms with Gasteiger partial charge in [0.05, 0.1) is 18.6 Å². The number of carbonyl (C=O) groups excluding carboxylic acids is 2. The number of hydrogen-bond donors (Lipinski definition) is 2. The number of benzene rings is 1. The Hall–Kier alpha value is -1.88. The van der Waals surface area contributed by atoms with E-state index in [0.717, 1.165) is 0 Å². The lowest BCUT2D eigenvalue weighted by Crippen LogP contribution is -2.51. The quantitative estimate of drug-likeness (QED) is 0.820. The van der Waals surface area contributed by atoms with Gasteiger partial charge in [-0.25, -0.2) is 0 Å². The summed E-state index contributed by atoms with van der Waals surface area (Å²) in [6.07, 6.45) is -0.0235. The van der Waals surface area contributed by atoms with E-state index in [0.29, 0.717) is 18.7 Å². The van der Waals surface area contributed by atoms with Crippen molar-refractivity contribution in [2.24, 2.45) is 0 Å². The zero-order valence-corrected chi connectivity index (χ0v) is 10.9. The fourth-order valence-electron chi connectivity index (χ4n) is 2.16. The van der Waals surface area contributed by atoms with Crippen LogP contribution in [-0.2, 0) is 15.2 Å². The molecule has 1 aromatic rings. The summed E-state index contributed by atoms with van der Waals surface area (Å²) in [5.41, 5.74) is -0.517. The van der Waals surface area contributed by atoms with Gasteiger partial charge in [0.2, 0.25) is 11.8 Å². The number of hydrogen-bond acceptors (Lipinski definition) is 3. The highest BCUT2D eigenvalue weighted by molar-refractivity contribution is 5.86. The van der Waals surface area contributed by atoms with Gasteiger partial charge in [-0.05, 0) is 12.5 Å². The summed E-state index contributed by atoms with van der Waals surface area (Å²) in [4.78, 5) is 24.8. The molecule has 0 spiro atoms. The van der Waals surface area contributed by atoms with Crippen molar-refractivity contribution in [3.63, 3.8) is 0 Å². The highest BCUT2D eigenvalue weighted by Crippen LogP contribution is 2.25. The van der Waals surface area contributed by atoms with Crippen LogP contribution >= 0.6 is 0 Å². The number of piperazine rings is 1. The molecule has 1 atom stereocenters. The molecule has 1 aromatic carbocycles. The minimum atomic E-state index is -1.22. The molecule has 5 nitrogen and oxygen atoms in total. The first kappa shape index (κ1) is 13.5. The molecule has 2 N–H and O–H groups in total. The maximum Gasteiger partial charge on any atom is 0.239 e. The molecule has 2 amide bonds. The van der Waals surface area contributed by atoms with Crippen LogP contribution in [-0.4, -0.2) is 41.5 Å². The molecular weight excluding hydrogens is 244 g/mol. The average molecular weight is 262 g/mol. The summed E-state index contributed by atoms with van der Waals surface area (Å²) in [5.74, 6) is -0.359. The van der Waals surface area contributed by atoms with Crippen LogP contribution in [0.3, 0.4) is 0 Å². The minimum absolute atomic E-state index is 0.0235. The molecule has 1 heterocycles. The Morgan fingerprint density at radius 1 is 1.42 bits per heavy atom. The molecule has 1 saturated heterocycles. The minimum Gasteiger partial charge on any atom is -0.385 e. The van der Waals surface area contributed by atoms with Crippen molar-refractivity contribution in [3.8, 4) is 0 Å². The van der Waals surface area contributed by atoms with Gasteiger partial charge in [0.25, 0.3) is 0 Å². The van der Waals surface area contributed by atoms with E-state index in [4.69, 9.17) is 0 Å². The molecule has 1 aliphatic heterocycles. The number of nitrogens with zero attached hydrogens (tertiary/aromatic N) is 1. The largest absolute Gasteiger partial charge is 0.385 e. The lowest BCUT2D eigenvalue weighted by atomic mass is 9.92. The van der Waals surface area contributed by atoms with Crippen molar-refractivity contribution in [1.82, 2.24) is 10.2 Å². The van der Waals surface area contributed by atoms with Gasteiger partial charge in [-0.3, -0.25) is 9.59 Å². The standard InChI is InChI=1S/C14H18N2O3/c1-14(19,11-5-3-2-4-6-11)9-13(18)16-8-7-15-12(17)10-16/h2-6,19H,7-10H2,1H3,(H,15,17). The molecule has 1 aliphatic rings. The molecule has 19 heavy (non-hydrogen) atoms.